The van der Waals surface area contributed by atoms with E-state index in [9.17, 15) is 4.79 Å². The molecule has 11 heavy (non-hydrogen) atoms. The first-order valence-electron chi connectivity index (χ1n) is 3.50. The second kappa shape index (κ2) is 1.95. The van der Waals surface area contributed by atoms with Crippen molar-refractivity contribution in [1.82, 2.24) is 4.90 Å². The van der Waals surface area contributed by atoms with Crippen LogP contribution < -0.4 is 0 Å². The highest BCUT2D eigenvalue weighted by Gasteiger charge is 2.57. The summed E-state index contributed by atoms with van der Waals surface area (Å²) in [5.41, 5.74) is 0. The monoisotopic (exact) mass is 152 g/mol. The van der Waals surface area contributed by atoms with Gasteiger partial charge in [-0.1, -0.05) is 0 Å². The maximum Gasteiger partial charge on any atom is 0.328 e. The number of hydrogen-bond donors (Lipinski definition) is 0. The van der Waals surface area contributed by atoms with Gasteiger partial charge in [0.25, 0.3) is 0 Å². The summed E-state index contributed by atoms with van der Waals surface area (Å²) in [6.45, 7) is 7.37. The van der Waals surface area contributed by atoms with E-state index in [4.69, 9.17) is 11.3 Å². The van der Waals surface area contributed by atoms with Gasteiger partial charge >= 0.3 is 11.9 Å². The minimum atomic E-state index is -0.571. The average molecular weight is 152 g/mol. The van der Waals surface area contributed by atoms with Crippen molar-refractivity contribution in [3.8, 4) is 0 Å². The topological polar surface area (TPSA) is 33.9 Å². The summed E-state index contributed by atoms with van der Waals surface area (Å²) in [6, 6.07) is -0.402. The van der Waals surface area contributed by atoms with Crippen molar-refractivity contribution in [1.29, 1.82) is 0 Å². The fourth-order valence-electron chi connectivity index (χ4n) is 1.57. The molecule has 3 atom stereocenters. The summed E-state index contributed by atoms with van der Waals surface area (Å²) in [4.78, 5) is 16.1. The van der Waals surface area contributed by atoms with Crippen molar-refractivity contribution in [2.24, 2.45) is 0 Å². The van der Waals surface area contributed by atoms with Gasteiger partial charge in [0.2, 0.25) is 0 Å². The van der Waals surface area contributed by atoms with Crippen molar-refractivity contribution in [3.05, 3.63) is 11.4 Å². The predicted molar refractivity (Wildman–Crippen MR) is 36.7 cm³/mol. The van der Waals surface area contributed by atoms with Gasteiger partial charge in [0.1, 0.15) is 0 Å². The third-order valence-electron chi connectivity index (χ3n) is 2.39. The lowest BCUT2D eigenvalue weighted by molar-refractivity contribution is -0.129. The Morgan fingerprint density at radius 2 is 2.55 bits per heavy atom. The number of likely N-dealkylation sites (N-methyl/N-ethyl adjacent to an activating group) is 1. The van der Waals surface area contributed by atoms with Gasteiger partial charge in [-0.15, -0.1) is 0 Å². The Labute approximate surface area is 64.6 Å². The lowest BCUT2D eigenvalue weighted by Crippen LogP contribution is -2.49. The van der Waals surface area contributed by atoms with Crippen molar-refractivity contribution < 1.29 is 9.53 Å². The second-order valence-electron chi connectivity index (χ2n) is 2.89. The molecule has 0 spiro atoms. The molecule has 0 aromatic heterocycles. The van der Waals surface area contributed by atoms with Crippen LogP contribution >= 0.6 is 0 Å². The van der Waals surface area contributed by atoms with Crippen molar-refractivity contribution in [2.45, 2.75) is 18.2 Å². The van der Waals surface area contributed by atoms with Gasteiger partial charge < -0.3 is 14.5 Å². The zero-order valence-corrected chi connectivity index (χ0v) is 6.15. The summed E-state index contributed by atoms with van der Waals surface area (Å²) >= 11 is 0. The summed E-state index contributed by atoms with van der Waals surface area (Å²) in [6.07, 6.45) is -0.148. The molecule has 58 valence electrons. The fraction of sp³-hybridized carbons (Fsp3) is 0.714. The number of fused-ring (bicyclic) bond motifs is 1. The number of nitrogens with zero attached hydrogens (tertiary/aromatic N) is 2. The van der Waals surface area contributed by atoms with E-state index in [1.807, 2.05) is 0 Å². The van der Waals surface area contributed by atoms with E-state index in [-0.39, 0.29) is 18.1 Å². The Hall–Kier alpha value is -1.08. The molecule has 0 radical (unpaired) electrons. The van der Waals surface area contributed by atoms with Crippen LogP contribution in [0.25, 0.3) is 4.85 Å². The minimum absolute atomic E-state index is 0.0903. The van der Waals surface area contributed by atoms with E-state index < -0.39 is 6.04 Å². The van der Waals surface area contributed by atoms with Crippen LogP contribution in [-0.4, -0.2) is 42.6 Å². The average Bonchev–Trinajstić information content (AvgIpc) is 2.09. The molecule has 2 aliphatic rings. The normalized spacial score (nSPS) is 41.3. The second-order valence-corrected chi connectivity index (χ2v) is 2.89. The highest BCUT2D eigenvalue weighted by Crippen LogP contribution is 2.30. The molecule has 4 nitrogen and oxygen atoms in total. The van der Waals surface area contributed by atoms with Gasteiger partial charge in [0.15, 0.2) is 6.10 Å². The molecule has 0 N–H and O–H groups in total. The van der Waals surface area contributed by atoms with E-state index in [0.717, 1.165) is 0 Å². The van der Waals surface area contributed by atoms with Gasteiger partial charge in [-0.05, 0) is 0 Å². The van der Waals surface area contributed by atoms with E-state index in [0.29, 0.717) is 6.61 Å². The largest absolute Gasteiger partial charge is 0.365 e. The van der Waals surface area contributed by atoms with Gasteiger partial charge in [-0.3, -0.25) is 4.79 Å². The van der Waals surface area contributed by atoms with Crippen LogP contribution in [0.3, 0.4) is 0 Å². The molecule has 0 aliphatic carbocycles. The summed E-state index contributed by atoms with van der Waals surface area (Å²) < 4.78 is 5.12. The van der Waals surface area contributed by atoms with E-state index in [1.165, 1.54) is 0 Å². The number of hydrogen-bond acceptors (Lipinski definition) is 2. The van der Waals surface area contributed by atoms with Gasteiger partial charge in [-0.25, -0.2) is 6.57 Å². The third kappa shape index (κ3) is 0.636. The third-order valence-corrected chi connectivity index (χ3v) is 2.39. The molecule has 4 heteroatoms. The Morgan fingerprint density at radius 3 is 2.82 bits per heavy atom. The molecule has 2 rings (SSSR count). The molecule has 2 heterocycles. The zero-order chi connectivity index (χ0) is 8.01. The van der Waals surface area contributed by atoms with E-state index in [2.05, 4.69) is 4.85 Å². The summed E-state index contributed by atoms with van der Waals surface area (Å²) in [5.74, 6) is -0.0903. The molecule has 2 unspecified atom stereocenters. The van der Waals surface area contributed by atoms with Crippen LogP contribution in [0.2, 0.25) is 0 Å². The number of carbonyl (C=O) groups is 1. The van der Waals surface area contributed by atoms with Crippen molar-refractivity contribution in [2.75, 3.05) is 13.7 Å². The molecule has 0 saturated carbocycles. The first kappa shape index (κ1) is 6.62. The Bertz CT molecular complexity index is 245. The van der Waals surface area contributed by atoms with Crippen LogP contribution in [-0.2, 0) is 9.53 Å². The van der Waals surface area contributed by atoms with Gasteiger partial charge in [0, 0.05) is 7.05 Å². The highest BCUT2D eigenvalue weighted by atomic mass is 16.5. The molecule has 2 saturated heterocycles. The molecule has 2 fully saturated rings. The van der Waals surface area contributed by atoms with Crippen LogP contribution in [0.1, 0.15) is 0 Å². The predicted octanol–water partition coefficient (Wildman–Crippen LogP) is -0.486. The summed E-state index contributed by atoms with van der Waals surface area (Å²) in [5, 5.41) is 0. The van der Waals surface area contributed by atoms with Gasteiger partial charge in [-0.2, -0.15) is 0 Å². The molecule has 0 aromatic rings. The Morgan fingerprint density at radius 1 is 1.82 bits per heavy atom. The number of likely N-dealkylation sites (tertiary alicyclic amines) is 1. The molecular weight excluding hydrogens is 144 g/mol. The fourth-order valence-corrected chi connectivity index (χ4v) is 1.57. The van der Waals surface area contributed by atoms with Crippen molar-refractivity contribution in [3.63, 3.8) is 0 Å². The first-order chi connectivity index (χ1) is 5.25. The Balaban J connectivity index is 2.26. The maximum atomic E-state index is 11.2. The highest BCUT2D eigenvalue weighted by molar-refractivity contribution is 5.87. The first-order valence-corrected chi connectivity index (χ1v) is 3.50. The zero-order valence-electron chi connectivity index (χ0n) is 6.15. The summed E-state index contributed by atoms with van der Waals surface area (Å²) in [7, 11) is 1.73. The molecule has 0 aromatic carbocycles. The van der Waals surface area contributed by atoms with Gasteiger partial charge in [0.05, 0.1) is 12.6 Å². The number of ether oxygens (including phenoxy) is 1. The van der Waals surface area contributed by atoms with E-state index >= 15 is 0 Å². The SMILES string of the molecule is [C-]#[N+]C1C(=O)N(C)[C@H]2COC12. The molecular formula is C7H8N2O2. The number of rotatable bonds is 0. The minimum Gasteiger partial charge on any atom is -0.365 e. The molecule has 1 amide bonds. The number of amides is 1. The van der Waals surface area contributed by atoms with E-state index in [1.54, 1.807) is 11.9 Å². The van der Waals surface area contributed by atoms with Crippen LogP contribution in [0.15, 0.2) is 0 Å². The quantitative estimate of drug-likeness (QED) is 0.439. The maximum absolute atomic E-state index is 11.2. The van der Waals surface area contributed by atoms with Crippen LogP contribution in [0.4, 0.5) is 0 Å². The van der Waals surface area contributed by atoms with Crippen LogP contribution in [0.5, 0.6) is 0 Å². The lowest BCUT2D eigenvalue weighted by Gasteiger charge is -2.32. The smallest absolute Gasteiger partial charge is 0.328 e. The molecule has 0 bridgehead atoms. The standard InChI is InChI=1S/C7H8N2O2/c1-8-5-6-4(3-11-6)9(2)7(5)10/h4-6H,3H2,2H3/t4-,5?,6?/m0/s1. The Kier molecular flexibility index (Phi) is 1.18. The lowest BCUT2D eigenvalue weighted by atomic mass is 10.1. The van der Waals surface area contributed by atoms with Crippen molar-refractivity contribution >= 4 is 5.91 Å². The molecule has 2 aliphatic heterocycles. The number of carbonyl (C=O) groups excluding carboxylic acids is 1. The van der Waals surface area contributed by atoms with Crippen LogP contribution in [0, 0.1) is 6.57 Å².